The third-order valence-corrected chi connectivity index (χ3v) is 4.96. The molecule has 0 aromatic carbocycles. The number of ether oxygens (including phenoxy) is 1. The van der Waals surface area contributed by atoms with E-state index < -0.39 is 5.41 Å². The number of aromatic nitrogens is 1. The predicted molar refractivity (Wildman–Crippen MR) is 76.1 cm³/mol. The van der Waals surface area contributed by atoms with E-state index in [9.17, 15) is 10.1 Å². The largest absolute Gasteiger partial charge is 0.381 e. The minimum Gasteiger partial charge on any atom is -0.381 e. The van der Waals surface area contributed by atoms with Crippen molar-refractivity contribution in [3.8, 4) is 6.07 Å². The topological polar surface area (TPSA) is 75.0 Å². The first-order valence-electron chi connectivity index (χ1n) is 6.86. The number of aryl methyl sites for hydroxylation is 1. The van der Waals surface area contributed by atoms with Crippen molar-refractivity contribution in [2.24, 2.45) is 5.41 Å². The van der Waals surface area contributed by atoms with E-state index in [0.717, 1.165) is 11.4 Å². The van der Waals surface area contributed by atoms with Gasteiger partial charge in [0.25, 0.3) is 0 Å². The highest BCUT2D eigenvalue weighted by Crippen LogP contribution is 2.31. The van der Waals surface area contributed by atoms with Crippen molar-refractivity contribution in [3.63, 3.8) is 0 Å². The second kappa shape index (κ2) is 6.33. The van der Waals surface area contributed by atoms with Gasteiger partial charge in [0, 0.05) is 24.3 Å². The molecule has 1 unspecified atom stereocenters. The molecule has 108 valence electrons. The summed E-state index contributed by atoms with van der Waals surface area (Å²) in [5, 5.41) is 13.2. The van der Waals surface area contributed by atoms with Gasteiger partial charge in [0.15, 0.2) is 0 Å². The molecule has 1 aliphatic rings. The van der Waals surface area contributed by atoms with E-state index in [1.54, 1.807) is 11.3 Å². The fourth-order valence-corrected chi connectivity index (χ4v) is 3.05. The summed E-state index contributed by atoms with van der Waals surface area (Å²) < 4.78 is 5.24. The van der Waals surface area contributed by atoms with Gasteiger partial charge >= 0.3 is 0 Å². The molecule has 2 rings (SSSR count). The first kappa shape index (κ1) is 14.9. The summed E-state index contributed by atoms with van der Waals surface area (Å²) in [5.41, 5.74) is -0.947. The van der Waals surface area contributed by atoms with Gasteiger partial charge in [-0.3, -0.25) is 4.79 Å². The molecule has 5 nitrogen and oxygen atoms in total. The summed E-state index contributed by atoms with van der Waals surface area (Å²) in [4.78, 5) is 17.9. The van der Waals surface area contributed by atoms with Crippen LogP contribution >= 0.6 is 11.3 Å². The van der Waals surface area contributed by atoms with Gasteiger partial charge in [-0.15, -0.1) is 11.3 Å². The van der Waals surface area contributed by atoms with Crippen molar-refractivity contribution in [2.75, 3.05) is 13.2 Å². The Kier molecular flexibility index (Phi) is 4.73. The molecule has 0 spiro atoms. The van der Waals surface area contributed by atoms with Gasteiger partial charge in [-0.05, 0) is 26.2 Å². The van der Waals surface area contributed by atoms with Gasteiger partial charge in [-0.25, -0.2) is 4.98 Å². The molecule has 1 aliphatic heterocycles. The SMILES string of the molecule is CCc1cnc(C(C)NC(=O)C2(C#N)CCOCC2)s1. The van der Waals surface area contributed by atoms with Crippen molar-refractivity contribution in [2.45, 2.75) is 39.2 Å². The molecule has 1 amide bonds. The Balaban J connectivity index is 2.04. The zero-order valence-electron chi connectivity index (χ0n) is 11.8. The van der Waals surface area contributed by atoms with Crippen LogP contribution in [0, 0.1) is 16.7 Å². The van der Waals surface area contributed by atoms with Crippen molar-refractivity contribution in [3.05, 3.63) is 16.1 Å². The van der Waals surface area contributed by atoms with Gasteiger partial charge in [0.05, 0.1) is 12.1 Å². The average molecular weight is 293 g/mol. The van der Waals surface area contributed by atoms with E-state index in [-0.39, 0.29) is 11.9 Å². The third-order valence-electron chi connectivity index (χ3n) is 3.63. The second-order valence-corrected chi connectivity index (χ2v) is 6.17. The Morgan fingerprint density at radius 3 is 2.90 bits per heavy atom. The van der Waals surface area contributed by atoms with Gasteiger partial charge in [-0.2, -0.15) is 5.26 Å². The second-order valence-electron chi connectivity index (χ2n) is 5.02. The monoisotopic (exact) mass is 293 g/mol. The Bertz CT molecular complexity index is 515. The van der Waals surface area contributed by atoms with Crippen LogP contribution in [-0.2, 0) is 16.0 Å². The summed E-state index contributed by atoms with van der Waals surface area (Å²) in [6, 6.07) is 2.02. The number of thiazole rings is 1. The quantitative estimate of drug-likeness (QED) is 0.923. The number of carbonyl (C=O) groups is 1. The van der Waals surface area contributed by atoms with Crippen LogP contribution < -0.4 is 5.32 Å². The molecule has 0 radical (unpaired) electrons. The number of nitriles is 1. The number of amides is 1. The van der Waals surface area contributed by atoms with E-state index in [2.05, 4.69) is 23.3 Å². The fourth-order valence-electron chi connectivity index (χ4n) is 2.19. The Morgan fingerprint density at radius 1 is 1.65 bits per heavy atom. The maximum atomic E-state index is 12.4. The van der Waals surface area contributed by atoms with Crippen molar-refractivity contribution >= 4 is 17.2 Å². The number of hydrogen-bond acceptors (Lipinski definition) is 5. The van der Waals surface area contributed by atoms with Crippen LogP contribution in [0.15, 0.2) is 6.20 Å². The molecule has 1 aromatic rings. The minimum absolute atomic E-state index is 0.166. The first-order valence-corrected chi connectivity index (χ1v) is 7.67. The van der Waals surface area contributed by atoms with E-state index in [1.807, 2.05) is 13.1 Å². The van der Waals surface area contributed by atoms with Crippen molar-refractivity contribution in [1.29, 1.82) is 5.26 Å². The highest BCUT2D eigenvalue weighted by molar-refractivity contribution is 7.11. The Labute approximate surface area is 123 Å². The smallest absolute Gasteiger partial charge is 0.241 e. The van der Waals surface area contributed by atoms with Crippen LogP contribution in [0.3, 0.4) is 0 Å². The zero-order valence-corrected chi connectivity index (χ0v) is 12.6. The molecule has 1 saturated heterocycles. The van der Waals surface area contributed by atoms with E-state index in [1.165, 1.54) is 4.88 Å². The molecule has 0 saturated carbocycles. The summed E-state index contributed by atoms with van der Waals surface area (Å²) in [7, 11) is 0. The lowest BCUT2D eigenvalue weighted by Gasteiger charge is -2.30. The normalized spacial score (nSPS) is 19.1. The van der Waals surface area contributed by atoms with E-state index in [4.69, 9.17) is 4.74 Å². The molecule has 1 aromatic heterocycles. The van der Waals surface area contributed by atoms with Crippen molar-refractivity contribution < 1.29 is 9.53 Å². The third kappa shape index (κ3) is 3.00. The van der Waals surface area contributed by atoms with Gasteiger partial charge < -0.3 is 10.1 Å². The summed E-state index contributed by atoms with van der Waals surface area (Å²) in [6.07, 6.45) is 3.70. The number of carbonyl (C=O) groups excluding carboxylic acids is 1. The van der Waals surface area contributed by atoms with Gasteiger partial charge in [0.2, 0.25) is 5.91 Å². The molecule has 0 aliphatic carbocycles. The predicted octanol–water partition coefficient (Wildman–Crippen LogP) is 2.20. The molecular weight excluding hydrogens is 274 g/mol. The van der Waals surface area contributed by atoms with Crippen LogP contribution in [0.4, 0.5) is 0 Å². The first-order chi connectivity index (χ1) is 9.61. The van der Waals surface area contributed by atoms with E-state index in [0.29, 0.717) is 26.1 Å². The molecule has 6 heteroatoms. The molecule has 0 bridgehead atoms. The lowest BCUT2D eigenvalue weighted by molar-refractivity contribution is -0.133. The standard InChI is InChI=1S/C14H19N3O2S/c1-3-11-8-16-12(20-11)10(2)17-13(18)14(9-15)4-6-19-7-5-14/h8,10H,3-7H2,1-2H3,(H,17,18). The van der Waals surface area contributed by atoms with Crippen LogP contribution in [0.1, 0.15) is 42.6 Å². The lowest BCUT2D eigenvalue weighted by atomic mass is 9.80. The molecule has 2 heterocycles. The molecule has 1 fully saturated rings. The highest BCUT2D eigenvalue weighted by Gasteiger charge is 2.41. The summed E-state index contributed by atoms with van der Waals surface area (Å²) >= 11 is 1.60. The lowest BCUT2D eigenvalue weighted by Crippen LogP contribution is -2.44. The Morgan fingerprint density at radius 2 is 2.35 bits per heavy atom. The number of nitrogens with zero attached hydrogens (tertiary/aromatic N) is 2. The zero-order chi connectivity index (χ0) is 14.6. The van der Waals surface area contributed by atoms with Crippen LogP contribution in [-0.4, -0.2) is 24.1 Å². The van der Waals surface area contributed by atoms with Gasteiger partial charge in [-0.1, -0.05) is 6.92 Å². The Hall–Kier alpha value is -1.45. The molecule has 1 N–H and O–H groups in total. The van der Waals surface area contributed by atoms with Crippen LogP contribution in [0.25, 0.3) is 0 Å². The van der Waals surface area contributed by atoms with Crippen LogP contribution in [0.2, 0.25) is 0 Å². The summed E-state index contributed by atoms with van der Waals surface area (Å²) in [6.45, 7) is 4.91. The number of nitrogens with one attached hydrogen (secondary N) is 1. The summed E-state index contributed by atoms with van der Waals surface area (Å²) in [5.74, 6) is -0.205. The fraction of sp³-hybridized carbons (Fsp3) is 0.643. The highest BCUT2D eigenvalue weighted by atomic mass is 32.1. The number of hydrogen-bond donors (Lipinski definition) is 1. The maximum Gasteiger partial charge on any atom is 0.241 e. The molecular formula is C14H19N3O2S. The van der Waals surface area contributed by atoms with Crippen molar-refractivity contribution in [1.82, 2.24) is 10.3 Å². The minimum atomic E-state index is -0.947. The average Bonchev–Trinajstić information content (AvgIpc) is 2.97. The van der Waals surface area contributed by atoms with E-state index >= 15 is 0 Å². The maximum absolute atomic E-state index is 12.4. The van der Waals surface area contributed by atoms with Gasteiger partial charge in [0.1, 0.15) is 10.4 Å². The molecule has 1 atom stereocenters. The van der Waals surface area contributed by atoms with Crippen LogP contribution in [0.5, 0.6) is 0 Å². The molecule has 20 heavy (non-hydrogen) atoms. The number of rotatable bonds is 4.